The number of hydrogen-bond donors (Lipinski definition) is 1. The van der Waals surface area contributed by atoms with Crippen LogP contribution >= 0.6 is 0 Å². The highest BCUT2D eigenvalue weighted by Crippen LogP contribution is 2.26. The highest BCUT2D eigenvalue weighted by atomic mass is 16.5. The Morgan fingerprint density at radius 3 is 2.81 bits per heavy atom. The highest BCUT2D eigenvalue weighted by molar-refractivity contribution is 6.01. The quantitative estimate of drug-likeness (QED) is 0.301. The molecule has 6 heteroatoms. The number of carbonyl (C=O) groups excluding carboxylic acids is 1. The molecular weight excluding hydrogens is 272 g/mol. The standard InChI is InChI=1S/C15H16N2O4/c1-20-10-17-13-6-4-3-5-11(13)12(14(17)9-16-19)7-8-15(18)21-2/h3-9,19H,10H2,1-2H3/b8-7+,16-9+. The monoisotopic (exact) mass is 288 g/mol. The Bertz CT molecular complexity index is 701. The smallest absolute Gasteiger partial charge is 0.330 e. The zero-order valence-electron chi connectivity index (χ0n) is 11.8. The number of esters is 1. The second-order valence-corrected chi connectivity index (χ2v) is 4.26. The fourth-order valence-electron chi connectivity index (χ4n) is 2.21. The molecule has 0 amide bonds. The van der Waals surface area contributed by atoms with Crippen molar-refractivity contribution in [2.45, 2.75) is 6.73 Å². The largest absolute Gasteiger partial charge is 0.466 e. The summed E-state index contributed by atoms with van der Waals surface area (Å²) in [7, 11) is 2.90. The van der Waals surface area contributed by atoms with Crippen LogP contribution in [0.3, 0.4) is 0 Å². The van der Waals surface area contributed by atoms with Gasteiger partial charge < -0.3 is 19.2 Å². The lowest BCUT2D eigenvalue weighted by Crippen LogP contribution is -2.04. The first-order valence-electron chi connectivity index (χ1n) is 6.26. The minimum Gasteiger partial charge on any atom is -0.466 e. The molecule has 2 aromatic rings. The minimum atomic E-state index is -0.453. The number of para-hydroxylation sites is 1. The molecule has 0 atom stereocenters. The van der Waals surface area contributed by atoms with Crippen LogP contribution in [-0.4, -0.2) is 36.2 Å². The Balaban J connectivity index is 2.68. The molecule has 0 bridgehead atoms. The van der Waals surface area contributed by atoms with Crippen LogP contribution in [0.2, 0.25) is 0 Å². The molecule has 1 aromatic carbocycles. The van der Waals surface area contributed by atoms with Crippen LogP contribution in [0.25, 0.3) is 17.0 Å². The van der Waals surface area contributed by atoms with Gasteiger partial charge in [-0.25, -0.2) is 4.79 Å². The van der Waals surface area contributed by atoms with Crippen LogP contribution in [0.4, 0.5) is 0 Å². The van der Waals surface area contributed by atoms with Crippen LogP contribution in [0.1, 0.15) is 11.3 Å². The number of aromatic nitrogens is 1. The van der Waals surface area contributed by atoms with Crippen molar-refractivity contribution in [3.05, 3.63) is 41.6 Å². The summed E-state index contributed by atoms with van der Waals surface area (Å²) in [5.41, 5.74) is 2.31. The Labute approximate surface area is 121 Å². The van der Waals surface area contributed by atoms with E-state index in [1.165, 1.54) is 19.4 Å². The molecule has 1 aromatic heterocycles. The molecule has 6 nitrogen and oxygen atoms in total. The lowest BCUT2D eigenvalue weighted by molar-refractivity contribution is -0.134. The maximum atomic E-state index is 11.3. The number of nitrogens with zero attached hydrogens (tertiary/aromatic N) is 2. The SMILES string of the molecule is COCn1c(/C=N/O)c(/C=C/C(=O)OC)c2ccccc21. The summed E-state index contributed by atoms with van der Waals surface area (Å²) in [5.74, 6) is -0.453. The summed E-state index contributed by atoms with van der Waals surface area (Å²) in [4.78, 5) is 11.3. The topological polar surface area (TPSA) is 73.0 Å². The van der Waals surface area contributed by atoms with E-state index in [2.05, 4.69) is 9.89 Å². The van der Waals surface area contributed by atoms with Crippen LogP contribution < -0.4 is 0 Å². The Kier molecular flexibility index (Phi) is 4.73. The Hall–Kier alpha value is -2.60. The minimum absolute atomic E-state index is 0.300. The summed E-state index contributed by atoms with van der Waals surface area (Å²) >= 11 is 0. The highest BCUT2D eigenvalue weighted by Gasteiger charge is 2.14. The number of benzene rings is 1. The lowest BCUT2D eigenvalue weighted by atomic mass is 10.1. The van der Waals surface area contributed by atoms with E-state index >= 15 is 0 Å². The molecule has 1 heterocycles. The number of rotatable bonds is 5. The zero-order valence-corrected chi connectivity index (χ0v) is 11.8. The van der Waals surface area contributed by atoms with Gasteiger partial charge in [-0.05, 0) is 12.1 Å². The van der Waals surface area contributed by atoms with Crippen LogP contribution in [-0.2, 0) is 21.0 Å². The normalized spacial score (nSPS) is 11.7. The summed E-state index contributed by atoms with van der Waals surface area (Å²) in [6, 6.07) is 7.66. The molecule has 2 rings (SSSR count). The van der Waals surface area contributed by atoms with Crippen molar-refractivity contribution in [1.82, 2.24) is 4.57 Å². The molecule has 0 radical (unpaired) electrons. The van der Waals surface area contributed by atoms with Crippen molar-refractivity contribution in [3.63, 3.8) is 0 Å². The van der Waals surface area contributed by atoms with Crippen molar-refractivity contribution in [2.24, 2.45) is 5.16 Å². The van der Waals surface area contributed by atoms with Gasteiger partial charge in [0.05, 0.1) is 24.5 Å². The van der Waals surface area contributed by atoms with Crippen molar-refractivity contribution in [2.75, 3.05) is 14.2 Å². The van der Waals surface area contributed by atoms with Crippen molar-refractivity contribution in [1.29, 1.82) is 0 Å². The van der Waals surface area contributed by atoms with E-state index in [1.54, 1.807) is 13.2 Å². The molecule has 0 spiro atoms. The number of ether oxygens (including phenoxy) is 2. The zero-order chi connectivity index (χ0) is 15.2. The van der Waals surface area contributed by atoms with E-state index in [-0.39, 0.29) is 0 Å². The molecule has 21 heavy (non-hydrogen) atoms. The van der Waals surface area contributed by atoms with E-state index in [1.807, 2.05) is 28.8 Å². The van der Waals surface area contributed by atoms with Crippen molar-refractivity contribution < 1.29 is 19.5 Å². The molecule has 1 N–H and O–H groups in total. The average molecular weight is 288 g/mol. The van der Waals surface area contributed by atoms with Crippen LogP contribution in [0.5, 0.6) is 0 Å². The first-order chi connectivity index (χ1) is 10.2. The fourth-order valence-corrected chi connectivity index (χ4v) is 2.21. The maximum absolute atomic E-state index is 11.3. The van der Waals surface area contributed by atoms with Gasteiger partial charge in [0.2, 0.25) is 0 Å². The number of fused-ring (bicyclic) bond motifs is 1. The van der Waals surface area contributed by atoms with Gasteiger partial charge in [-0.2, -0.15) is 0 Å². The third kappa shape index (κ3) is 2.95. The maximum Gasteiger partial charge on any atom is 0.330 e. The van der Waals surface area contributed by atoms with E-state index in [9.17, 15) is 4.79 Å². The van der Waals surface area contributed by atoms with Gasteiger partial charge in [-0.3, -0.25) is 0 Å². The lowest BCUT2D eigenvalue weighted by Gasteiger charge is -2.06. The molecule has 0 aliphatic carbocycles. The van der Waals surface area contributed by atoms with Crippen molar-refractivity contribution in [3.8, 4) is 0 Å². The third-order valence-electron chi connectivity index (χ3n) is 3.08. The van der Waals surface area contributed by atoms with Crippen molar-refractivity contribution >= 4 is 29.2 Å². The third-order valence-corrected chi connectivity index (χ3v) is 3.08. The van der Waals surface area contributed by atoms with E-state index in [0.29, 0.717) is 12.4 Å². The van der Waals surface area contributed by atoms with Gasteiger partial charge in [0.25, 0.3) is 0 Å². The molecule has 0 unspecified atom stereocenters. The predicted molar refractivity (Wildman–Crippen MR) is 79.4 cm³/mol. The summed E-state index contributed by atoms with van der Waals surface area (Å²) < 4.78 is 11.6. The molecular formula is C15H16N2O4. The van der Waals surface area contributed by atoms with Gasteiger partial charge in [0.15, 0.2) is 0 Å². The second kappa shape index (κ2) is 6.71. The van der Waals surface area contributed by atoms with Gasteiger partial charge in [0, 0.05) is 24.1 Å². The molecule has 0 fully saturated rings. The number of carbonyl (C=O) groups is 1. The van der Waals surface area contributed by atoms with Gasteiger partial charge in [-0.15, -0.1) is 0 Å². The van der Waals surface area contributed by atoms with Crippen LogP contribution in [0.15, 0.2) is 35.5 Å². The predicted octanol–water partition coefficient (Wildman–Crippen LogP) is 2.24. The summed E-state index contributed by atoms with van der Waals surface area (Å²) in [6.07, 6.45) is 4.28. The summed E-state index contributed by atoms with van der Waals surface area (Å²) in [5, 5.41) is 12.9. The van der Waals surface area contributed by atoms with Gasteiger partial charge in [0.1, 0.15) is 6.73 Å². The molecule has 110 valence electrons. The van der Waals surface area contributed by atoms with E-state index in [0.717, 1.165) is 16.5 Å². The van der Waals surface area contributed by atoms with Gasteiger partial charge in [-0.1, -0.05) is 23.4 Å². The molecule has 0 saturated heterocycles. The number of methoxy groups -OCH3 is 2. The first-order valence-corrected chi connectivity index (χ1v) is 6.26. The molecule has 0 saturated carbocycles. The average Bonchev–Trinajstić information content (AvgIpc) is 2.80. The van der Waals surface area contributed by atoms with Crippen LogP contribution in [0, 0.1) is 0 Å². The van der Waals surface area contributed by atoms with Gasteiger partial charge >= 0.3 is 5.97 Å². The fraction of sp³-hybridized carbons (Fsp3) is 0.200. The second-order valence-electron chi connectivity index (χ2n) is 4.26. The summed E-state index contributed by atoms with van der Waals surface area (Å²) in [6.45, 7) is 0.300. The number of hydrogen-bond acceptors (Lipinski definition) is 5. The Morgan fingerprint density at radius 2 is 2.14 bits per heavy atom. The molecule has 0 aliphatic rings. The Morgan fingerprint density at radius 1 is 1.38 bits per heavy atom. The van der Waals surface area contributed by atoms with E-state index < -0.39 is 5.97 Å². The molecule has 0 aliphatic heterocycles. The van der Waals surface area contributed by atoms with E-state index in [4.69, 9.17) is 9.94 Å². The number of oxime groups is 1. The first kappa shape index (κ1) is 14.8.